The molecule has 1 fully saturated rings. The van der Waals surface area contributed by atoms with Gasteiger partial charge in [-0.1, -0.05) is 64.2 Å². The first-order valence-corrected chi connectivity index (χ1v) is 14.0. The molecule has 4 amide bonds. The monoisotopic (exact) mass is 470 g/mol. The minimum atomic E-state index is -1.86. The highest BCUT2D eigenvalue weighted by Gasteiger charge is 2.36. The van der Waals surface area contributed by atoms with E-state index in [2.05, 4.69) is 61.3 Å². The molecule has 1 heterocycles. The number of carbonyl (C=O) groups is 4. The summed E-state index contributed by atoms with van der Waals surface area (Å²) in [6.07, 6.45) is 0.152. The van der Waals surface area contributed by atoms with Crippen molar-refractivity contribution >= 4 is 31.7 Å². The van der Waals surface area contributed by atoms with E-state index < -0.39 is 43.9 Å². The van der Waals surface area contributed by atoms with Crippen molar-refractivity contribution in [1.82, 2.24) is 16.0 Å². The molecule has 1 aromatic rings. The first-order valence-electron chi connectivity index (χ1n) is 11.0. The van der Waals surface area contributed by atoms with Gasteiger partial charge in [0.1, 0.15) is 26.2 Å². The molecule has 1 saturated heterocycles. The summed E-state index contributed by atoms with van der Waals surface area (Å²) in [5, 5.41) is 7.88. The van der Waals surface area contributed by atoms with Crippen LogP contribution >= 0.6 is 0 Å². The van der Waals surface area contributed by atoms with Crippen LogP contribution in [0, 0.1) is 11.5 Å². The van der Waals surface area contributed by atoms with Gasteiger partial charge in [-0.15, -0.1) is 11.5 Å². The summed E-state index contributed by atoms with van der Waals surface area (Å²) < 4.78 is 0. The summed E-state index contributed by atoms with van der Waals surface area (Å²) in [4.78, 5) is 49.2. The second-order valence-electron chi connectivity index (χ2n) is 9.92. The van der Waals surface area contributed by atoms with Crippen LogP contribution in [0.3, 0.4) is 0 Å². The third kappa shape index (κ3) is 7.46. The van der Waals surface area contributed by atoms with Gasteiger partial charge in [0, 0.05) is 12.8 Å². The summed E-state index contributed by atoms with van der Waals surface area (Å²) in [6.45, 7) is 10.7. The molecule has 8 nitrogen and oxygen atoms in total. The number of hydrogen-bond acceptors (Lipinski definition) is 4. The fraction of sp³-hybridized carbons (Fsp3) is 0.500. The van der Waals surface area contributed by atoms with Crippen LogP contribution in [0.2, 0.25) is 18.1 Å². The summed E-state index contributed by atoms with van der Waals surface area (Å²) >= 11 is 0. The van der Waals surface area contributed by atoms with E-state index in [-0.39, 0.29) is 23.8 Å². The van der Waals surface area contributed by atoms with Crippen molar-refractivity contribution in [3.8, 4) is 11.5 Å². The van der Waals surface area contributed by atoms with Gasteiger partial charge < -0.3 is 21.7 Å². The molecular formula is C24H34N4O4Si. The standard InChI is InChI=1S/C24H34N4O4Si/c1-24(2,3)33(4,5)13-9-12-17(21(25)30)26-20(29)15-19-23(32)27-18(22(31)28-19)14-16-10-7-6-8-11-16/h6-8,10-11,17-19H,12,14-15H2,1-5H3,(H2,25,30)(H,26,29)(H,27,32)(H,28,31)/t17-,18-,19-/m0/s1. The van der Waals surface area contributed by atoms with Crippen molar-refractivity contribution in [2.24, 2.45) is 5.73 Å². The van der Waals surface area contributed by atoms with E-state index in [1.54, 1.807) is 0 Å². The van der Waals surface area contributed by atoms with Crippen LogP contribution < -0.4 is 21.7 Å². The van der Waals surface area contributed by atoms with E-state index in [1.165, 1.54) is 0 Å². The zero-order valence-corrected chi connectivity index (χ0v) is 21.0. The molecule has 0 spiro atoms. The van der Waals surface area contributed by atoms with Gasteiger partial charge in [0.05, 0.1) is 6.42 Å². The summed E-state index contributed by atoms with van der Waals surface area (Å²) in [7, 11) is -1.86. The number of nitrogens with one attached hydrogen (secondary N) is 3. The topological polar surface area (TPSA) is 130 Å². The molecule has 0 radical (unpaired) electrons. The van der Waals surface area contributed by atoms with Gasteiger partial charge in [0.2, 0.25) is 23.6 Å². The third-order valence-corrected chi connectivity index (χ3v) is 10.8. The van der Waals surface area contributed by atoms with E-state index in [4.69, 9.17) is 5.73 Å². The molecular weight excluding hydrogens is 436 g/mol. The van der Waals surface area contributed by atoms with Crippen molar-refractivity contribution in [1.29, 1.82) is 0 Å². The van der Waals surface area contributed by atoms with Crippen molar-refractivity contribution in [2.45, 2.75) is 76.3 Å². The summed E-state index contributed by atoms with van der Waals surface area (Å²) in [5.41, 5.74) is 9.63. The van der Waals surface area contributed by atoms with Crippen LogP contribution in [0.25, 0.3) is 0 Å². The van der Waals surface area contributed by atoms with Crippen molar-refractivity contribution < 1.29 is 19.2 Å². The van der Waals surface area contributed by atoms with Crippen LogP contribution in [-0.4, -0.2) is 49.8 Å². The van der Waals surface area contributed by atoms with Crippen LogP contribution in [0.5, 0.6) is 0 Å². The maximum Gasteiger partial charge on any atom is 0.243 e. The molecule has 0 saturated carbocycles. The number of amides is 4. The Kier molecular flexibility index (Phi) is 8.44. The Balaban J connectivity index is 1.93. The molecule has 0 aliphatic carbocycles. The zero-order chi connectivity index (χ0) is 24.8. The van der Waals surface area contributed by atoms with E-state index in [1.807, 2.05) is 30.3 Å². The highest BCUT2D eigenvalue weighted by molar-refractivity contribution is 6.87. The van der Waals surface area contributed by atoms with Gasteiger partial charge in [-0.2, -0.15) is 0 Å². The van der Waals surface area contributed by atoms with E-state index in [0.717, 1.165) is 5.56 Å². The number of nitrogens with two attached hydrogens (primary N) is 1. The molecule has 0 bridgehead atoms. The third-order valence-electron chi connectivity index (χ3n) is 6.20. The van der Waals surface area contributed by atoms with Crippen molar-refractivity contribution in [2.75, 3.05) is 0 Å². The fourth-order valence-electron chi connectivity index (χ4n) is 3.04. The van der Waals surface area contributed by atoms with Crippen LogP contribution in [0.1, 0.15) is 39.2 Å². The molecule has 9 heteroatoms. The Bertz CT molecular complexity index is 960. The number of rotatable bonds is 7. The van der Waals surface area contributed by atoms with Gasteiger partial charge in [-0.3, -0.25) is 19.2 Å². The van der Waals surface area contributed by atoms with Gasteiger partial charge in [0.25, 0.3) is 0 Å². The van der Waals surface area contributed by atoms with Crippen LogP contribution in [0.4, 0.5) is 0 Å². The summed E-state index contributed by atoms with van der Waals surface area (Å²) in [6, 6.07) is 6.64. The SMILES string of the molecule is CC(C)(C)[Si](C)(C)C#CC[C@H](NC(=O)C[C@@H]1NC(=O)[C@H](Cc2ccccc2)NC1=O)C(N)=O. The fourth-order valence-corrected chi connectivity index (χ4v) is 3.95. The number of primary amides is 1. The van der Waals surface area contributed by atoms with E-state index in [9.17, 15) is 19.2 Å². The molecule has 178 valence electrons. The number of hydrogen-bond donors (Lipinski definition) is 4. The Labute approximate surface area is 196 Å². The molecule has 0 aromatic heterocycles. The quantitative estimate of drug-likeness (QED) is 0.350. The lowest BCUT2D eigenvalue weighted by Crippen LogP contribution is -2.63. The molecule has 1 aliphatic rings. The van der Waals surface area contributed by atoms with Gasteiger partial charge >= 0.3 is 0 Å². The molecule has 5 N–H and O–H groups in total. The largest absolute Gasteiger partial charge is 0.368 e. The second kappa shape index (κ2) is 10.7. The molecule has 2 rings (SSSR count). The Morgan fingerprint density at radius 1 is 1.09 bits per heavy atom. The van der Waals surface area contributed by atoms with E-state index in [0.29, 0.717) is 6.42 Å². The van der Waals surface area contributed by atoms with Gasteiger partial charge in [-0.05, 0) is 10.6 Å². The summed E-state index contributed by atoms with van der Waals surface area (Å²) in [5.74, 6) is 0.950. The first kappa shape index (κ1) is 26.1. The Morgan fingerprint density at radius 3 is 2.24 bits per heavy atom. The normalized spacial score (nSPS) is 19.4. The van der Waals surface area contributed by atoms with E-state index >= 15 is 0 Å². The maximum absolute atomic E-state index is 12.5. The van der Waals surface area contributed by atoms with Crippen molar-refractivity contribution in [3.05, 3.63) is 35.9 Å². The predicted molar refractivity (Wildman–Crippen MR) is 129 cm³/mol. The lowest BCUT2D eigenvalue weighted by molar-refractivity contribution is -0.138. The molecule has 33 heavy (non-hydrogen) atoms. The van der Waals surface area contributed by atoms with Gasteiger partial charge in [0.15, 0.2) is 0 Å². The molecule has 1 aliphatic heterocycles. The lowest BCUT2D eigenvalue weighted by Gasteiger charge is -2.31. The average Bonchev–Trinajstić information content (AvgIpc) is 2.70. The Morgan fingerprint density at radius 2 is 1.67 bits per heavy atom. The van der Waals surface area contributed by atoms with Crippen molar-refractivity contribution in [3.63, 3.8) is 0 Å². The predicted octanol–water partition coefficient (Wildman–Crippen LogP) is 1.01. The number of piperazine rings is 1. The lowest BCUT2D eigenvalue weighted by atomic mass is 10.0. The second-order valence-corrected chi connectivity index (χ2v) is 14.9. The minimum absolute atomic E-state index is 0.0659. The number of benzene rings is 1. The highest BCUT2D eigenvalue weighted by Crippen LogP contribution is 2.35. The Hall–Kier alpha value is -3.12. The van der Waals surface area contributed by atoms with Crippen LogP contribution in [0.15, 0.2) is 30.3 Å². The first-order chi connectivity index (χ1) is 15.3. The van der Waals surface area contributed by atoms with Gasteiger partial charge in [-0.25, -0.2) is 0 Å². The molecule has 1 aromatic carbocycles. The smallest absolute Gasteiger partial charge is 0.243 e. The number of carbonyl (C=O) groups excluding carboxylic acids is 4. The van der Waals surface area contributed by atoms with Crippen LogP contribution in [-0.2, 0) is 25.6 Å². The molecule has 3 atom stereocenters. The molecule has 0 unspecified atom stereocenters. The zero-order valence-electron chi connectivity index (χ0n) is 20.0. The minimum Gasteiger partial charge on any atom is -0.368 e. The maximum atomic E-state index is 12.5. The highest BCUT2D eigenvalue weighted by atomic mass is 28.3. The average molecular weight is 471 g/mol.